The van der Waals surface area contributed by atoms with Crippen molar-refractivity contribution in [3.8, 4) is 0 Å². The van der Waals surface area contributed by atoms with Crippen LogP contribution in [-0.4, -0.2) is 32.8 Å². The predicted molar refractivity (Wildman–Crippen MR) is 107 cm³/mol. The maximum atomic E-state index is 12.1. The van der Waals surface area contributed by atoms with Crippen molar-refractivity contribution in [2.24, 2.45) is 0 Å². The van der Waals surface area contributed by atoms with E-state index in [-0.39, 0.29) is 5.91 Å². The van der Waals surface area contributed by atoms with Crippen LogP contribution < -0.4 is 5.32 Å². The molecule has 132 valence electrons. The lowest BCUT2D eigenvalue weighted by Crippen LogP contribution is -2.26. The molecule has 0 saturated carbocycles. The zero-order valence-corrected chi connectivity index (χ0v) is 15.7. The van der Waals surface area contributed by atoms with Crippen molar-refractivity contribution in [1.29, 1.82) is 0 Å². The first-order valence-corrected chi connectivity index (χ1v) is 10.3. The van der Waals surface area contributed by atoms with Crippen molar-refractivity contribution in [2.45, 2.75) is 18.0 Å². The molecule has 0 aliphatic heterocycles. The van der Waals surface area contributed by atoms with Crippen molar-refractivity contribution >= 4 is 44.2 Å². The van der Waals surface area contributed by atoms with Gasteiger partial charge in [-0.1, -0.05) is 65.6 Å². The number of hydrogen-bond donors (Lipinski definition) is 1. The fourth-order valence-corrected chi connectivity index (χ4v) is 4.59. The third kappa shape index (κ3) is 3.73. The molecular formula is C19H18N4OS2. The van der Waals surface area contributed by atoms with E-state index in [2.05, 4.69) is 39.8 Å². The van der Waals surface area contributed by atoms with Crippen molar-refractivity contribution < 1.29 is 4.79 Å². The van der Waals surface area contributed by atoms with Crippen molar-refractivity contribution in [1.82, 2.24) is 19.9 Å². The molecule has 0 radical (unpaired) electrons. The second kappa shape index (κ2) is 7.88. The minimum absolute atomic E-state index is 0.0272. The summed E-state index contributed by atoms with van der Waals surface area (Å²) in [6.07, 6.45) is 1.91. The Morgan fingerprint density at radius 2 is 1.88 bits per heavy atom. The first kappa shape index (κ1) is 17.1. The molecule has 0 bridgehead atoms. The number of carbonyl (C=O) groups excluding carboxylic acids is 1. The van der Waals surface area contributed by atoms with Crippen LogP contribution in [0.3, 0.4) is 0 Å². The Balaban J connectivity index is 1.30. The molecule has 1 N–H and O–H groups in total. The Morgan fingerprint density at radius 1 is 1.08 bits per heavy atom. The SMILES string of the molecule is O=C(CSc1nnc2sc3ccccc3n12)NCCCc1ccccc1. The highest BCUT2D eigenvalue weighted by atomic mass is 32.2. The van der Waals surface area contributed by atoms with E-state index in [1.807, 2.05) is 34.7 Å². The molecular weight excluding hydrogens is 364 g/mol. The third-order valence-corrected chi connectivity index (χ3v) is 5.99. The molecule has 0 spiro atoms. The average molecular weight is 383 g/mol. The number of rotatable bonds is 7. The van der Waals surface area contributed by atoms with Gasteiger partial charge >= 0.3 is 0 Å². The molecule has 4 rings (SSSR count). The molecule has 1 amide bonds. The molecule has 5 nitrogen and oxygen atoms in total. The largest absolute Gasteiger partial charge is 0.355 e. The highest BCUT2D eigenvalue weighted by Gasteiger charge is 2.13. The summed E-state index contributed by atoms with van der Waals surface area (Å²) in [5.41, 5.74) is 2.38. The molecule has 0 aliphatic rings. The summed E-state index contributed by atoms with van der Waals surface area (Å²) >= 11 is 3.03. The lowest BCUT2D eigenvalue weighted by molar-refractivity contribution is -0.118. The molecule has 0 fully saturated rings. The van der Waals surface area contributed by atoms with Crippen LogP contribution in [0.4, 0.5) is 0 Å². The molecule has 2 heterocycles. The van der Waals surface area contributed by atoms with Gasteiger partial charge in [0.25, 0.3) is 0 Å². The number of thioether (sulfide) groups is 1. The first-order valence-electron chi connectivity index (χ1n) is 8.47. The number of thiazole rings is 1. The number of aromatic nitrogens is 3. The number of benzene rings is 2. The summed E-state index contributed by atoms with van der Waals surface area (Å²) in [5, 5.41) is 12.2. The number of para-hydroxylation sites is 1. The monoisotopic (exact) mass is 382 g/mol. The van der Waals surface area contributed by atoms with Gasteiger partial charge in [0.1, 0.15) is 0 Å². The summed E-state index contributed by atoms with van der Waals surface area (Å²) in [6, 6.07) is 18.5. The lowest BCUT2D eigenvalue weighted by atomic mass is 10.1. The van der Waals surface area contributed by atoms with Gasteiger partial charge in [-0.2, -0.15) is 0 Å². The van der Waals surface area contributed by atoms with Gasteiger partial charge in [-0.25, -0.2) is 0 Å². The number of hydrogen-bond acceptors (Lipinski definition) is 5. The van der Waals surface area contributed by atoms with E-state index in [0.29, 0.717) is 12.3 Å². The van der Waals surface area contributed by atoms with E-state index in [1.165, 1.54) is 22.0 Å². The van der Waals surface area contributed by atoms with Crippen LogP contribution in [0.15, 0.2) is 59.8 Å². The molecule has 26 heavy (non-hydrogen) atoms. The summed E-state index contributed by atoms with van der Waals surface area (Å²) in [4.78, 5) is 13.0. The van der Waals surface area contributed by atoms with Gasteiger partial charge in [-0.3, -0.25) is 9.20 Å². The molecule has 0 unspecified atom stereocenters. The average Bonchev–Trinajstić information content (AvgIpc) is 3.24. The minimum atomic E-state index is 0.0272. The van der Waals surface area contributed by atoms with Crippen molar-refractivity contribution in [3.05, 3.63) is 60.2 Å². The standard InChI is InChI=1S/C19H18N4OS2/c24-17(20-12-6-9-14-7-2-1-3-8-14)13-25-18-21-22-19-23(18)15-10-4-5-11-16(15)26-19/h1-5,7-8,10-11H,6,9,12-13H2,(H,20,24). The van der Waals surface area contributed by atoms with E-state index < -0.39 is 0 Å². The molecule has 4 aromatic rings. The van der Waals surface area contributed by atoms with E-state index in [1.54, 1.807) is 11.3 Å². The molecule has 0 aliphatic carbocycles. The topological polar surface area (TPSA) is 59.3 Å². The summed E-state index contributed by atoms with van der Waals surface area (Å²) in [5.74, 6) is 0.371. The smallest absolute Gasteiger partial charge is 0.230 e. The van der Waals surface area contributed by atoms with Crippen LogP contribution in [0.1, 0.15) is 12.0 Å². The minimum Gasteiger partial charge on any atom is -0.355 e. The van der Waals surface area contributed by atoms with Crippen molar-refractivity contribution in [2.75, 3.05) is 12.3 Å². The van der Waals surface area contributed by atoms with Crippen LogP contribution in [-0.2, 0) is 11.2 Å². The van der Waals surface area contributed by atoms with Crippen molar-refractivity contribution in [3.63, 3.8) is 0 Å². The predicted octanol–water partition coefficient (Wildman–Crippen LogP) is 3.79. The van der Waals surface area contributed by atoms with Crippen LogP contribution in [0.5, 0.6) is 0 Å². The van der Waals surface area contributed by atoms with Crippen LogP contribution in [0.25, 0.3) is 15.2 Å². The molecule has 2 aromatic carbocycles. The van der Waals surface area contributed by atoms with Crippen LogP contribution >= 0.6 is 23.1 Å². The number of amides is 1. The fourth-order valence-electron chi connectivity index (χ4n) is 2.80. The Morgan fingerprint density at radius 3 is 2.77 bits per heavy atom. The molecule has 0 saturated heterocycles. The Labute approximate surface area is 159 Å². The van der Waals surface area contributed by atoms with Gasteiger partial charge in [-0.15, -0.1) is 10.2 Å². The van der Waals surface area contributed by atoms with Gasteiger partial charge < -0.3 is 5.32 Å². The molecule has 0 atom stereocenters. The number of nitrogens with zero attached hydrogens (tertiary/aromatic N) is 3. The highest BCUT2D eigenvalue weighted by Crippen LogP contribution is 2.29. The lowest BCUT2D eigenvalue weighted by Gasteiger charge is -2.05. The zero-order valence-electron chi connectivity index (χ0n) is 14.1. The van der Waals surface area contributed by atoms with Gasteiger partial charge in [0.2, 0.25) is 10.9 Å². The van der Waals surface area contributed by atoms with E-state index in [9.17, 15) is 4.79 Å². The Hall–Kier alpha value is -2.38. The van der Waals surface area contributed by atoms with Gasteiger partial charge in [0.05, 0.1) is 16.0 Å². The second-order valence-electron chi connectivity index (χ2n) is 5.90. The van der Waals surface area contributed by atoms with E-state index >= 15 is 0 Å². The molecule has 7 heteroatoms. The van der Waals surface area contributed by atoms with Crippen LogP contribution in [0, 0.1) is 0 Å². The maximum absolute atomic E-state index is 12.1. The first-order chi connectivity index (χ1) is 12.8. The second-order valence-corrected chi connectivity index (χ2v) is 7.85. The molecule has 2 aromatic heterocycles. The maximum Gasteiger partial charge on any atom is 0.230 e. The number of aryl methyl sites for hydroxylation is 1. The van der Waals surface area contributed by atoms with Gasteiger partial charge in [0, 0.05) is 6.54 Å². The summed E-state index contributed by atoms with van der Waals surface area (Å²) < 4.78 is 3.19. The van der Waals surface area contributed by atoms with Gasteiger partial charge in [-0.05, 0) is 30.5 Å². The number of fused-ring (bicyclic) bond motifs is 3. The normalized spacial score (nSPS) is 11.2. The highest BCUT2D eigenvalue weighted by molar-refractivity contribution is 7.99. The number of carbonyl (C=O) groups is 1. The quantitative estimate of drug-likeness (QED) is 0.390. The van der Waals surface area contributed by atoms with E-state index in [0.717, 1.165) is 28.5 Å². The summed E-state index contributed by atoms with van der Waals surface area (Å²) in [6.45, 7) is 0.685. The fraction of sp³-hybridized carbons (Fsp3) is 0.211. The summed E-state index contributed by atoms with van der Waals surface area (Å²) in [7, 11) is 0. The van der Waals surface area contributed by atoms with E-state index in [4.69, 9.17) is 0 Å². The number of nitrogens with one attached hydrogen (secondary N) is 1. The van der Waals surface area contributed by atoms with Crippen LogP contribution in [0.2, 0.25) is 0 Å². The Kier molecular flexibility index (Phi) is 5.17. The Bertz CT molecular complexity index is 1030. The van der Waals surface area contributed by atoms with Gasteiger partial charge in [0.15, 0.2) is 5.16 Å². The third-order valence-electron chi connectivity index (χ3n) is 4.05. The zero-order chi connectivity index (χ0) is 17.8.